The molecular weight excluding hydrogens is 303 g/mol. The minimum Gasteiger partial charge on any atom is -0.293 e. The van der Waals surface area contributed by atoms with E-state index in [0.717, 1.165) is 14.4 Å². The van der Waals surface area contributed by atoms with E-state index in [1.165, 1.54) is 47.4 Å². The quantitative estimate of drug-likeness (QED) is 0.600. The highest BCUT2D eigenvalue weighted by Crippen LogP contribution is 2.28. The number of Topliss-reactive ketones (excluding diaryl/α,β-unsaturated/α-hetero) is 1. The highest BCUT2D eigenvalue weighted by Gasteiger charge is 2.10. The van der Waals surface area contributed by atoms with Crippen molar-refractivity contribution < 1.29 is 9.18 Å². The predicted molar refractivity (Wildman–Crippen MR) is 77.8 cm³/mol. The van der Waals surface area contributed by atoms with Gasteiger partial charge in [0.15, 0.2) is 14.5 Å². The molecule has 2 aromatic rings. The molecule has 1 aromatic carbocycles. The molecule has 0 aliphatic heterocycles. The number of benzene rings is 1. The molecule has 0 aliphatic carbocycles. The van der Waals surface area contributed by atoms with Crippen molar-refractivity contribution >= 4 is 40.6 Å². The van der Waals surface area contributed by atoms with Crippen LogP contribution in [0.4, 0.5) is 4.39 Å². The lowest BCUT2D eigenvalue weighted by Gasteiger charge is -1.98. The first-order valence-electron chi connectivity index (χ1n) is 5.57. The summed E-state index contributed by atoms with van der Waals surface area (Å²) in [5, 5.41) is 8.03. The summed E-state index contributed by atoms with van der Waals surface area (Å²) in [6.45, 7) is 2.05. The van der Waals surface area contributed by atoms with Crippen LogP contribution in [-0.2, 0) is 0 Å². The van der Waals surface area contributed by atoms with Crippen LogP contribution in [0.2, 0.25) is 0 Å². The molecule has 0 amide bonds. The summed E-state index contributed by atoms with van der Waals surface area (Å²) in [7, 11) is 0. The van der Waals surface area contributed by atoms with Gasteiger partial charge in [-0.2, -0.15) is 0 Å². The third kappa shape index (κ3) is 4.29. The molecule has 1 heterocycles. The molecule has 1 aromatic heterocycles. The number of ketones is 1. The van der Waals surface area contributed by atoms with Crippen molar-refractivity contribution in [3.05, 3.63) is 35.6 Å². The molecule has 0 atom stereocenters. The van der Waals surface area contributed by atoms with Crippen molar-refractivity contribution in [1.82, 2.24) is 10.2 Å². The average Bonchev–Trinajstić information content (AvgIpc) is 2.85. The molecule has 0 N–H and O–H groups in total. The Balaban J connectivity index is 1.90. The Bertz CT molecular complexity index is 556. The molecule has 0 saturated carbocycles. The summed E-state index contributed by atoms with van der Waals surface area (Å²) in [6.07, 6.45) is 0. The van der Waals surface area contributed by atoms with Crippen molar-refractivity contribution in [2.75, 3.05) is 11.5 Å². The highest BCUT2D eigenvalue weighted by atomic mass is 32.2. The van der Waals surface area contributed by atoms with Gasteiger partial charge in [-0.15, -0.1) is 10.2 Å². The zero-order valence-corrected chi connectivity index (χ0v) is 12.6. The number of nitrogens with zero attached hydrogens (tertiary/aromatic N) is 2. The Hall–Kier alpha value is -0.920. The summed E-state index contributed by atoms with van der Waals surface area (Å²) in [5.41, 5.74) is 0.515. The van der Waals surface area contributed by atoms with E-state index in [1.54, 1.807) is 11.8 Å². The molecule has 100 valence electrons. The molecule has 19 heavy (non-hydrogen) atoms. The van der Waals surface area contributed by atoms with Gasteiger partial charge in [-0.25, -0.2) is 4.39 Å². The lowest BCUT2D eigenvalue weighted by Crippen LogP contribution is -2.01. The van der Waals surface area contributed by atoms with Crippen LogP contribution in [-0.4, -0.2) is 27.5 Å². The third-order valence-electron chi connectivity index (χ3n) is 2.15. The Morgan fingerprint density at radius 2 is 1.84 bits per heavy atom. The van der Waals surface area contributed by atoms with E-state index >= 15 is 0 Å². The van der Waals surface area contributed by atoms with Crippen molar-refractivity contribution in [1.29, 1.82) is 0 Å². The van der Waals surface area contributed by atoms with E-state index in [0.29, 0.717) is 5.56 Å². The second-order valence-corrected chi connectivity index (χ2v) is 7.20. The minimum atomic E-state index is -0.338. The van der Waals surface area contributed by atoms with Gasteiger partial charge in [-0.05, 0) is 30.0 Å². The summed E-state index contributed by atoms with van der Waals surface area (Å²) in [4.78, 5) is 11.9. The second kappa shape index (κ2) is 7.02. The molecule has 3 nitrogen and oxygen atoms in total. The smallest absolute Gasteiger partial charge is 0.175 e. The topological polar surface area (TPSA) is 42.9 Å². The maximum atomic E-state index is 12.7. The Morgan fingerprint density at radius 1 is 1.21 bits per heavy atom. The predicted octanol–water partition coefficient (Wildman–Crippen LogP) is 3.76. The third-order valence-corrected chi connectivity index (χ3v) is 5.22. The Labute approximate surface area is 123 Å². The van der Waals surface area contributed by atoms with E-state index in [2.05, 4.69) is 17.1 Å². The van der Waals surface area contributed by atoms with Crippen molar-refractivity contribution in [3.8, 4) is 0 Å². The fraction of sp³-hybridized carbons (Fsp3) is 0.250. The normalized spacial score (nSPS) is 10.6. The number of halogens is 1. The zero-order chi connectivity index (χ0) is 13.7. The van der Waals surface area contributed by atoms with Crippen molar-refractivity contribution in [2.24, 2.45) is 0 Å². The first kappa shape index (κ1) is 14.5. The molecule has 0 unspecified atom stereocenters. The summed E-state index contributed by atoms with van der Waals surface area (Å²) < 4.78 is 14.4. The second-order valence-electron chi connectivity index (χ2n) is 3.49. The maximum Gasteiger partial charge on any atom is 0.175 e. The Morgan fingerprint density at radius 3 is 2.47 bits per heavy atom. The number of hydrogen-bond donors (Lipinski definition) is 0. The first-order chi connectivity index (χ1) is 9.19. The number of rotatable bonds is 6. The molecule has 0 saturated heterocycles. The molecule has 0 bridgehead atoms. The van der Waals surface area contributed by atoms with E-state index in [9.17, 15) is 9.18 Å². The lowest BCUT2D eigenvalue weighted by molar-refractivity contribution is 0.102. The summed E-state index contributed by atoms with van der Waals surface area (Å²) >= 11 is 4.48. The number of carbonyl (C=O) groups excluding carboxylic acids is 1. The van der Waals surface area contributed by atoms with Gasteiger partial charge < -0.3 is 0 Å². The van der Waals surface area contributed by atoms with E-state index < -0.39 is 0 Å². The van der Waals surface area contributed by atoms with Crippen LogP contribution in [0.1, 0.15) is 17.3 Å². The molecule has 0 radical (unpaired) electrons. The number of thioether (sulfide) groups is 2. The molecular formula is C12H11FN2OS3. The largest absolute Gasteiger partial charge is 0.293 e. The molecule has 0 aliphatic rings. The fourth-order valence-corrected chi connectivity index (χ4v) is 4.10. The van der Waals surface area contributed by atoms with Crippen LogP contribution < -0.4 is 0 Å². The SMILES string of the molecule is CCSc1nnc(SCC(=O)c2ccc(F)cc2)s1. The van der Waals surface area contributed by atoms with Crippen LogP contribution in [0, 0.1) is 5.82 Å². The monoisotopic (exact) mass is 314 g/mol. The number of carbonyl (C=O) groups is 1. The van der Waals surface area contributed by atoms with Gasteiger partial charge in [0, 0.05) is 5.56 Å². The minimum absolute atomic E-state index is 0.0371. The number of hydrogen-bond acceptors (Lipinski definition) is 6. The zero-order valence-electron chi connectivity index (χ0n) is 10.1. The maximum absolute atomic E-state index is 12.7. The molecule has 0 spiro atoms. The average molecular weight is 314 g/mol. The van der Waals surface area contributed by atoms with Crippen LogP contribution in [0.15, 0.2) is 32.9 Å². The fourth-order valence-electron chi connectivity index (χ4n) is 1.28. The van der Waals surface area contributed by atoms with E-state index in [1.807, 2.05) is 0 Å². The molecule has 7 heteroatoms. The highest BCUT2D eigenvalue weighted by molar-refractivity contribution is 8.03. The first-order valence-corrected chi connectivity index (χ1v) is 8.35. The summed E-state index contributed by atoms with van der Waals surface area (Å²) in [6, 6.07) is 5.57. The van der Waals surface area contributed by atoms with Crippen molar-refractivity contribution in [3.63, 3.8) is 0 Å². The van der Waals surface area contributed by atoms with Crippen LogP contribution in [0.5, 0.6) is 0 Å². The van der Waals surface area contributed by atoms with Gasteiger partial charge >= 0.3 is 0 Å². The van der Waals surface area contributed by atoms with Gasteiger partial charge in [0.05, 0.1) is 5.75 Å². The standard InChI is InChI=1S/C12H11FN2OS3/c1-2-17-11-14-15-12(19-11)18-7-10(16)8-3-5-9(13)6-4-8/h3-6H,2,7H2,1H3. The van der Waals surface area contributed by atoms with Gasteiger partial charge in [-0.1, -0.05) is 41.8 Å². The number of aromatic nitrogens is 2. The molecule has 2 rings (SSSR count). The van der Waals surface area contributed by atoms with Gasteiger partial charge in [0.25, 0.3) is 0 Å². The lowest BCUT2D eigenvalue weighted by atomic mass is 10.1. The van der Waals surface area contributed by atoms with Gasteiger partial charge in [-0.3, -0.25) is 4.79 Å². The van der Waals surface area contributed by atoms with Gasteiger partial charge in [0.1, 0.15) is 5.82 Å². The Kier molecular flexibility index (Phi) is 5.35. The van der Waals surface area contributed by atoms with E-state index in [4.69, 9.17) is 0 Å². The van der Waals surface area contributed by atoms with Gasteiger partial charge in [0.2, 0.25) is 0 Å². The van der Waals surface area contributed by atoms with Crippen molar-refractivity contribution in [2.45, 2.75) is 15.6 Å². The van der Waals surface area contributed by atoms with Crippen LogP contribution in [0.25, 0.3) is 0 Å². The summed E-state index contributed by atoms with van der Waals surface area (Å²) in [5.74, 6) is 0.865. The van der Waals surface area contributed by atoms with Crippen LogP contribution >= 0.6 is 34.9 Å². The van der Waals surface area contributed by atoms with Crippen LogP contribution in [0.3, 0.4) is 0 Å². The molecule has 0 fully saturated rings. The van der Waals surface area contributed by atoms with E-state index in [-0.39, 0.29) is 17.4 Å².